The zero-order chi connectivity index (χ0) is 12.2. The molecule has 2 aliphatic rings. The van der Waals surface area contributed by atoms with Gasteiger partial charge in [0.15, 0.2) is 0 Å². The lowest BCUT2D eigenvalue weighted by atomic mass is 10.1. The van der Waals surface area contributed by atoms with Gasteiger partial charge in [-0.25, -0.2) is 0 Å². The van der Waals surface area contributed by atoms with Crippen LogP contribution in [0.25, 0.3) is 0 Å². The third-order valence-electron chi connectivity index (χ3n) is 4.07. The zero-order valence-electron chi connectivity index (χ0n) is 11.0. The SMILES string of the molecule is C1=CN(Cc2ccccc2)CCC1N1CCCC1. The quantitative estimate of drug-likeness (QED) is 0.804. The van der Waals surface area contributed by atoms with Crippen LogP contribution in [0.3, 0.4) is 0 Å². The second-order valence-electron chi connectivity index (χ2n) is 5.40. The van der Waals surface area contributed by atoms with Gasteiger partial charge in [-0.2, -0.15) is 0 Å². The van der Waals surface area contributed by atoms with E-state index in [4.69, 9.17) is 0 Å². The van der Waals surface area contributed by atoms with Gasteiger partial charge in [0.25, 0.3) is 0 Å². The fourth-order valence-electron chi connectivity index (χ4n) is 3.02. The van der Waals surface area contributed by atoms with E-state index in [0.29, 0.717) is 6.04 Å². The second kappa shape index (κ2) is 5.57. The molecule has 1 saturated heterocycles. The van der Waals surface area contributed by atoms with Gasteiger partial charge in [-0.3, -0.25) is 4.90 Å². The number of rotatable bonds is 3. The molecular weight excluding hydrogens is 220 g/mol. The summed E-state index contributed by atoms with van der Waals surface area (Å²) < 4.78 is 0. The molecule has 18 heavy (non-hydrogen) atoms. The van der Waals surface area contributed by atoms with Gasteiger partial charge in [0, 0.05) is 19.1 Å². The average Bonchev–Trinajstić information content (AvgIpc) is 2.95. The van der Waals surface area contributed by atoms with E-state index in [9.17, 15) is 0 Å². The Kier molecular flexibility index (Phi) is 3.65. The minimum Gasteiger partial charge on any atom is -0.373 e. The first kappa shape index (κ1) is 11.8. The normalized spacial score (nSPS) is 24.7. The highest BCUT2D eigenvalue weighted by molar-refractivity contribution is 5.15. The van der Waals surface area contributed by atoms with Gasteiger partial charge in [0.2, 0.25) is 0 Å². The van der Waals surface area contributed by atoms with Crippen LogP contribution in [0.4, 0.5) is 0 Å². The summed E-state index contributed by atoms with van der Waals surface area (Å²) in [5, 5.41) is 0. The van der Waals surface area contributed by atoms with Crippen molar-refractivity contribution >= 4 is 0 Å². The number of nitrogens with zero attached hydrogens (tertiary/aromatic N) is 2. The molecule has 0 saturated carbocycles. The van der Waals surface area contributed by atoms with Crippen LogP contribution in [-0.2, 0) is 6.54 Å². The molecule has 2 heterocycles. The molecule has 3 rings (SSSR count). The molecule has 2 heteroatoms. The van der Waals surface area contributed by atoms with E-state index in [1.807, 2.05) is 0 Å². The molecule has 0 aliphatic carbocycles. The van der Waals surface area contributed by atoms with Crippen LogP contribution in [0.1, 0.15) is 24.8 Å². The Labute approximate surface area is 110 Å². The highest BCUT2D eigenvalue weighted by Crippen LogP contribution is 2.19. The summed E-state index contributed by atoms with van der Waals surface area (Å²) in [5.74, 6) is 0. The summed E-state index contributed by atoms with van der Waals surface area (Å²) in [6, 6.07) is 11.4. The lowest BCUT2D eigenvalue weighted by molar-refractivity contribution is 0.225. The standard InChI is InChI=1S/C16H22N2/c1-2-6-15(7-3-1)14-17-12-8-16(9-13-17)18-10-4-5-11-18/h1-3,6-8,12,16H,4-5,9-11,13-14H2. The summed E-state index contributed by atoms with van der Waals surface area (Å²) in [6.07, 6.45) is 8.76. The van der Waals surface area contributed by atoms with Gasteiger partial charge in [0.05, 0.1) is 0 Å². The van der Waals surface area contributed by atoms with Gasteiger partial charge < -0.3 is 4.90 Å². The molecule has 0 bridgehead atoms. The molecule has 2 nitrogen and oxygen atoms in total. The van der Waals surface area contributed by atoms with Crippen LogP contribution < -0.4 is 0 Å². The lowest BCUT2D eigenvalue weighted by Crippen LogP contribution is -2.37. The summed E-state index contributed by atoms with van der Waals surface area (Å²) >= 11 is 0. The molecule has 1 aromatic carbocycles. The highest BCUT2D eigenvalue weighted by atomic mass is 15.2. The highest BCUT2D eigenvalue weighted by Gasteiger charge is 2.22. The van der Waals surface area contributed by atoms with Gasteiger partial charge in [0.1, 0.15) is 0 Å². The molecule has 0 spiro atoms. The smallest absolute Gasteiger partial charge is 0.0423 e. The first-order valence-electron chi connectivity index (χ1n) is 7.12. The van der Waals surface area contributed by atoms with E-state index >= 15 is 0 Å². The van der Waals surface area contributed by atoms with Gasteiger partial charge >= 0.3 is 0 Å². The maximum Gasteiger partial charge on any atom is 0.0423 e. The van der Waals surface area contributed by atoms with Crippen LogP contribution in [0.2, 0.25) is 0 Å². The van der Waals surface area contributed by atoms with E-state index in [-0.39, 0.29) is 0 Å². The Hall–Kier alpha value is -1.28. The minimum absolute atomic E-state index is 0.694. The molecule has 96 valence electrons. The zero-order valence-corrected chi connectivity index (χ0v) is 11.0. The summed E-state index contributed by atoms with van der Waals surface area (Å²) in [6.45, 7) is 4.83. The third-order valence-corrected chi connectivity index (χ3v) is 4.07. The molecular formula is C16H22N2. The molecule has 0 radical (unpaired) electrons. The fraction of sp³-hybridized carbons (Fsp3) is 0.500. The Morgan fingerprint density at radius 3 is 2.44 bits per heavy atom. The van der Waals surface area contributed by atoms with E-state index in [1.165, 1.54) is 44.5 Å². The maximum absolute atomic E-state index is 2.64. The predicted octanol–water partition coefficient (Wildman–Crippen LogP) is 2.87. The monoisotopic (exact) mass is 242 g/mol. The van der Waals surface area contributed by atoms with Crippen LogP contribution in [0, 0.1) is 0 Å². The summed E-state index contributed by atoms with van der Waals surface area (Å²) in [4.78, 5) is 5.07. The van der Waals surface area contributed by atoms with E-state index in [1.54, 1.807) is 0 Å². The first-order valence-corrected chi connectivity index (χ1v) is 7.12. The molecule has 1 fully saturated rings. The van der Waals surface area contributed by atoms with Gasteiger partial charge in [-0.05, 0) is 44.1 Å². The van der Waals surface area contributed by atoms with E-state index in [2.05, 4.69) is 52.4 Å². The molecule has 2 aliphatic heterocycles. The van der Waals surface area contributed by atoms with Crippen molar-refractivity contribution in [1.29, 1.82) is 0 Å². The van der Waals surface area contributed by atoms with E-state index in [0.717, 1.165) is 6.54 Å². The molecule has 0 N–H and O–H groups in total. The van der Waals surface area contributed by atoms with Crippen LogP contribution in [-0.4, -0.2) is 35.5 Å². The third kappa shape index (κ3) is 2.75. The Morgan fingerprint density at radius 2 is 1.78 bits per heavy atom. The number of hydrogen-bond donors (Lipinski definition) is 0. The molecule has 1 atom stereocenters. The molecule has 1 unspecified atom stereocenters. The minimum atomic E-state index is 0.694. The van der Waals surface area contributed by atoms with Crippen LogP contribution >= 0.6 is 0 Å². The summed E-state index contributed by atoms with van der Waals surface area (Å²) in [7, 11) is 0. The first-order chi connectivity index (χ1) is 8.92. The van der Waals surface area contributed by atoms with Crippen LogP contribution in [0.15, 0.2) is 42.6 Å². The Balaban J connectivity index is 1.56. The van der Waals surface area contributed by atoms with Crippen molar-refractivity contribution in [3.8, 4) is 0 Å². The summed E-state index contributed by atoms with van der Waals surface area (Å²) in [5.41, 5.74) is 1.40. The van der Waals surface area contributed by atoms with Crippen LogP contribution in [0.5, 0.6) is 0 Å². The van der Waals surface area contributed by atoms with Crippen molar-refractivity contribution in [2.75, 3.05) is 19.6 Å². The topological polar surface area (TPSA) is 6.48 Å². The van der Waals surface area contributed by atoms with Crippen molar-refractivity contribution in [1.82, 2.24) is 9.80 Å². The van der Waals surface area contributed by atoms with Crippen molar-refractivity contribution in [2.24, 2.45) is 0 Å². The Morgan fingerprint density at radius 1 is 1.00 bits per heavy atom. The molecule has 1 aromatic rings. The Bertz CT molecular complexity index is 393. The van der Waals surface area contributed by atoms with Crippen molar-refractivity contribution < 1.29 is 0 Å². The number of benzene rings is 1. The average molecular weight is 242 g/mol. The predicted molar refractivity (Wildman–Crippen MR) is 75.2 cm³/mol. The van der Waals surface area contributed by atoms with Crippen molar-refractivity contribution in [2.45, 2.75) is 31.8 Å². The second-order valence-corrected chi connectivity index (χ2v) is 5.40. The largest absolute Gasteiger partial charge is 0.373 e. The van der Waals surface area contributed by atoms with E-state index < -0.39 is 0 Å². The van der Waals surface area contributed by atoms with Crippen molar-refractivity contribution in [3.05, 3.63) is 48.2 Å². The fourth-order valence-corrected chi connectivity index (χ4v) is 3.02. The maximum atomic E-state index is 2.64. The van der Waals surface area contributed by atoms with Gasteiger partial charge in [-0.1, -0.05) is 36.4 Å². The molecule has 0 amide bonds. The van der Waals surface area contributed by atoms with Crippen molar-refractivity contribution in [3.63, 3.8) is 0 Å². The number of hydrogen-bond acceptors (Lipinski definition) is 2. The molecule has 0 aromatic heterocycles. The number of likely N-dealkylation sites (tertiary alicyclic amines) is 1. The lowest BCUT2D eigenvalue weighted by Gasteiger charge is -2.32. The van der Waals surface area contributed by atoms with Gasteiger partial charge in [-0.15, -0.1) is 0 Å².